The Labute approximate surface area is 169 Å². The molecule has 1 aliphatic rings. The molecule has 0 aliphatic carbocycles. The van der Waals surface area contributed by atoms with Gasteiger partial charge in [0.15, 0.2) is 0 Å². The molecule has 0 saturated carbocycles. The summed E-state index contributed by atoms with van der Waals surface area (Å²) >= 11 is 11.9. The van der Waals surface area contributed by atoms with E-state index in [0.29, 0.717) is 22.2 Å². The number of amides is 2. The monoisotopic (exact) mass is 404 g/mol. The highest BCUT2D eigenvalue weighted by molar-refractivity contribution is 6.42. The topological polar surface area (TPSA) is 49.4 Å². The second-order valence-electron chi connectivity index (χ2n) is 6.76. The van der Waals surface area contributed by atoms with Crippen LogP contribution in [0.15, 0.2) is 42.5 Å². The van der Waals surface area contributed by atoms with Gasteiger partial charge in [-0.25, -0.2) is 0 Å². The molecule has 0 unspecified atom stereocenters. The fourth-order valence-corrected chi connectivity index (χ4v) is 3.51. The lowest BCUT2D eigenvalue weighted by molar-refractivity contribution is -0.120. The van der Waals surface area contributed by atoms with Crippen LogP contribution in [-0.4, -0.2) is 29.8 Å². The van der Waals surface area contributed by atoms with Gasteiger partial charge in [0.1, 0.15) is 0 Å². The van der Waals surface area contributed by atoms with E-state index < -0.39 is 0 Å². The van der Waals surface area contributed by atoms with Crippen LogP contribution in [0.1, 0.15) is 40.7 Å². The van der Waals surface area contributed by atoms with Gasteiger partial charge < -0.3 is 10.2 Å². The molecule has 6 heteroatoms. The van der Waals surface area contributed by atoms with E-state index in [9.17, 15) is 9.59 Å². The van der Waals surface area contributed by atoms with Crippen molar-refractivity contribution in [2.24, 2.45) is 0 Å². The number of rotatable bonds is 5. The number of nitrogens with one attached hydrogen (secondary N) is 1. The average molecular weight is 405 g/mol. The first-order valence-electron chi connectivity index (χ1n) is 9.12. The number of hydrogen-bond donors (Lipinski definition) is 1. The van der Waals surface area contributed by atoms with Crippen LogP contribution in [0.2, 0.25) is 10.0 Å². The number of hydrogen-bond acceptors (Lipinski definition) is 2. The molecule has 2 aromatic carbocycles. The number of likely N-dealkylation sites (tertiary alicyclic amines) is 1. The van der Waals surface area contributed by atoms with Crippen molar-refractivity contribution in [2.75, 3.05) is 13.1 Å². The number of nitrogens with zero attached hydrogens (tertiary/aromatic N) is 1. The van der Waals surface area contributed by atoms with E-state index in [-0.39, 0.29) is 18.2 Å². The predicted octanol–water partition coefficient (Wildman–Crippen LogP) is 4.48. The summed E-state index contributed by atoms with van der Waals surface area (Å²) in [7, 11) is 0. The average Bonchev–Trinajstić information content (AvgIpc) is 2.69. The fourth-order valence-electron chi connectivity index (χ4n) is 3.19. The van der Waals surface area contributed by atoms with Gasteiger partial charge in [0, 0.05) is 25.2 Å². The standard InChI is InChI=1S/C21H22Cl2N2O2/c22-18-8-7-15(12-19(18)23)13-20(26)24-14-16-5-4-6-17(11-16)21(27)25-9-2-1-3-10-25/h4-8,11-12H,1-3,9-10,13-14H2,(H,24,26). The van der Waals surface area contributed by atoms with Crippen LogP contribution in [0.5, 0.6) is 0 Å². The Morgan fingerprint density at radius 2 is 1.70 bits per heavy atom. The van der Waals surface area contributed by atoms with E-state index in [1.54, 1.807) is 18.2 Å². The molecule has 1 fully saturated rings. The van der Waals surface area contributed by atoms with Crippen molar-refractivity contribution in [3.05, 3.63) is 69.2 Å². The smallest absolute Gasteiger partial charge is 0.253 e. The van der Waals surface area contributed by atoms with Crippen LogP contribution in [0, 0.1) is 0 Å². The van der Waals surface area contributed by atoms with E-state index in [1.807, 2.05) is 29.2 Å². The molecule has 0 bridgehead atoms. The molecule has 0 spiro atoms. The molecule has 2 amide bonds. The van der Waals surface area contributed by atoms with E-state index in [2.05, 4.69) is 5.32 Å². The zero-order chi connectivity index (χ0) is 19.2. The van der Waals surface area contributed by atoms with E-state index in [4.69, 9.17) is 23.2 Å². The molecule has 0 atom stereocenters. The van der Waals surface area contributed by atoms with Crippen molar-refractivity contribution >= 4 is 35.0 Å². The number of piperidine rings is 1. The van der Waals surface area contributed by atoms with Gasteiger partial charge in [0.05, 0.1) is 16.5 Å². The molecular weight excluding hydrogens is 383 g/mol. The van der Waals surface area contributed by atoms with Crippen LogP contribution in [-0.2, 0) is 17.8 Å². The van der Waals surface area contributed by atoms with Crippen molar-refractivity contribution in [1.82, 2.24) is 10.2 Å². The van der Waals surface area contributed by atoms with Gasteiger partial charge in [-0.1, -0.05) is 41.4 Å². The van der Waals surface area contributed by atoms with Crippen molar-refractivity contribution in [3.63, 3.8) is 0 Å². The van der Waals surface area contributed by atoms with Gasteiger partial charge in [0.25, 0.3) is 5.91 Å². The minimum Gasteiger partial charge on any atom is -0.352 e. The quantitative estimate of drug-likeness (QED) is 0.798. The Balaban J connectivity index is 1.56. The van der Waals surface area contributed by atoms with Crippen LogP contribution in [0.4, 0.5) is 0 Å². The van der Waals surface area contributed by atoms with E-state index in [0.717, 1.165) is 37.1 Å². The molecule has 2 aromatic rings. The highest BCUT2D eigenvalue weighted by Gasteiger charge is 2.18. The van der Waals surface area contributed by atoms with E-state index in [1.165, 1.54) is 6.42 Å². The largest absolute Gasteiger partial charge is 0.352 e. The van der Waals surface area contributed by atoms with Crippen molar-refractivity contribution in [1.29, 1.82) is 0 Å². The van der Waals surface area contributed by atoms with Gasteiger partial charge in [-0.05, 0) is 54.7 Å². The second kappa shape index (κ2) is 9.25. The lowest BCUT2D eigenvalue weighted by Gasteiger charge is -2.26. The fraction of sp³-hybridized carbons (Fsp3) is 0.333. The number of halogens is 2. The van der Waals surface area contributed by atoms with Crippen molar-refractivity contribution in [2.45, 2.75) is 32.2 Å². The number of carbonyl (C=O) groups excluding carboxylic acids is 2. The summed E-state index contributed by atoms with van der Waals surface area (Å²) in [4.78, 5) is 26.7. The lowest BCUT2D eigenvalue weighted by Crippen LogP contribution is -2.35. The Hall–Kier alpha value is -2.04. The SMILES string of the molecule is O=C(Cc1ccc(Cl)c(Cl)c1)NCc1cccc(C(=O)N2CCCCC2)c1. The normalized spacial score (nSPS) is 14.1. The Morgan fingerprint density at radius 1 is 0.926 bits per heavy atom. The summed E-state index contributed by atoms with van der Waals surface area (Å²) in [5.41, 5.74) is 2.38. The molecular formula is C21H22Cl2N2O2. The van der Waals surface area contributed by atoms with Gasteiger partial charge in [0.2, 0.25) is 5.91 Å². The Kier molecular flexibility index (Phi) is 6.75. The van der Waals surface area contributed by atoms with Crippen LogP contribution in [0.25, 0.3) is 0 Å². The van der Waals surface area contributed by atoms with Gasteiger partial charge >= 0.3 is 0 Å². The summed E-state index contributed by atoms with van der Waals surface area (Å²) in [5.74, 6) is -0.0418. The zero-order valence-corrected chi connectivity index (χ0v) is 16.5. The maximum absolute atomic E-state index is 12.6. The third-order valence-electron chi connectivity index (χ3n) is 4.66. The van der Waals surface area contributed by atoms with Crippen LogP contribution >= 0.6 is 23.2 Å². The minimum absolute atomic E-state index is 0.0682. The molecule has 0 aromatic heterocycles. The summed E-state index contributed by atoms with van der Waals surface area (Å²) in [6.07, 6.45) is 3.55. The Morgan fingerprint density at radius 3 is 2.44 bits per heavy atom. The first-order chi connectivity index (χ1) is 13.0. The lowest BCUT2D eigenvalue weighted by atomic mass is 10.1. The molecule has 1 aliphatic heterocycles. The summed E-state index contributed by atoms with van der Waals surface area (Å²) in [6.45, 7) is 2.02. The molecule has 1 heterocycles. The molecule has 27 heavy (non-hydrogen) atoms. The number of carbonyl (C=O) groups is 2. The van der Waals surface area contributed by atoms with Gasteiger partial charge in [-0.3, -0.25) is 9.59 Å². The first-order valence-corrected chi connectivity index (χ1v) is 9.87. The maximum atomic E-state index is 12.6. The highest BCUT2D eigenvalue weighted by Crippen LogP contribution is 2.22. The zero-order valence-electron chi connectivity index (χ0n) is 15.0. The molecule has 1 N–H and O–H groups in total. The summed E-state index contributed by atoms with van der Waals surface area (Å²) in [5, 5.41) is 3.79. The molecule has 3 rings (SSSR count). The molecule has 1 saturated heterocycles. The van der Waals surface area contributed by atoms with Gasteiger partial charge in [-0.2, -0.15) is 0 Å². The van der Waals surface area contributed by atoms with Crippen LogP contribution in [0.3, 0.4) is 0 Å². The van der Waals surface area contributed by atoms with Gasteiger partial charge in [-0.15, -0.1) is 0 Å². The maximum Gasteiger partial charge on any atom is 0.253 e. The number of benzene rings is 2. The van der Waals surface area contributed by atoms with E-state index >= 15 is 0 Å². The molecule has 0 radical (unpaired) electrons. The van der Waals surface area contributed by atoms with Crippen LogP contribution < -0.4 is 5.32 Å². The predicted molar refractivity (Wildman–Crippen MR) is 108 cm³/mol. The summed E-state index contributed by atoms with van der Waals surface area (Å²) < 4.78 is 0. The van der Waals surface area contributed by atoms with Crippen molar-refractivity contribution in [3.8, 4) is 0 Å². The summed E-state index contributed by atoms with van der Waals surface area (Å²) in [6, 6.07) is 12.6. The molecule has 142 valence electrons. The first kappa shape index (κ1) is 19.7. The molecule has 4 nitrogen and oxygen atoms in total. The highest BCUT2D eigenvalue weighted by atomic mass is 35.5. The minimum atomic E-state index is -0.110. The second-order valence-corrected chi connectivity index (χ2v) is 7.57. The van der Waals surface area contributed by atoms with Crippen molar-refractivity contribution < 1.29 is 9.59 Å². The third kappa shape index (κ3) is 5.47. The third-order valence-corrected chi connectivity index (χ3v) is 5.39. The Bertz CT molecular complexity index is 833.